The Kier molecular flexibility index (Phi) is 9.38. The highest BCUT2D eigenvalue weighted by atomic mass is 28.3. The molecular weight excluding hydrogens is 520 g/mol. The Hall–Kier alpha value is -3.68. The summed E-state index contributed by atoms with van der Waals surface area (Å²) in [6, 6.07) is 6.97. The number of furan rings is 1. The van der Waals surface area contributed by atoms with Crippen LogP contribution in [-0.2, 0) is 4.74 Å². The van der Waals surface area contributed by atoms with Gasteiger partial charge in [-0.15, -0.1) is 0 Å². The van der Waals surface area contributed by atoms with Crippen LogP contribution in [0.5, 0.6) is 23.6 Å². The van der Waals surface area contributed by atoms with Gasteiger partial charge in [-0.05, 0) is 25.1 Å². The molecule has 4 heterocycles. The van der Waals surface area contributed by atoms with Crippen molar-refractivity contribution in [2.75, 3.05) is 64.2 Å². The lowest BCUT2D eigenvalue weighted by Gasteiger charge is -2.26. The van der Waals surface area contributed by atoms with Gasteiger partial charge in [0.05, 0.1) is 35.5 Å². The summed E-state index contributed by atoms with van der Waals surface area (Å²) in [6.45, 7) is 11.8. The standard InChI is InChI=1S/C26H36N6O6Si/c1-34-24-22(25(35-2)31-26(30-24)28-10-6-12-32-13-15-36-16-14-32)29-23(33)19-7-8-21(37-19)38-20-17-18(9-11-27-20)39(3,4)5/h7-9,11,17H,6,10,12-16H2,1-5H3,(H,29,33)(H,28,30,31). The highest BCUT2D eigenvalue weighted by Crippen LogP contribution is 2.33. The number of carbonyl (C=O) groups excluding carboxylic acids is 1. The van der Waals surface area contributed by atoms with Crippen LogP contribution in [0.4, 0.5) is 11.6 Å². The minimum Gasteiger partial charge on any atom is -0.479 e. The number of ether oxygens (including phenoxy) is 4. The molecule has 1 saturated heterocycles. The molecule has 1 aliphatic heterocycles. The largest absolute Gasteiger partial charge is 0.479 e. The van der Waals surface area contributed by atoms with E-state index in [1.54, 1.807) is 12.3 Å². The van der Waals surface area contributed by atoms with Gasteiger partial charge in [-0.2, -0.15) is 9.97 Å². The molecule has 0 aromatic carbocycles. The number of morpholine rings is 1. The van der Waals surface area contributed by atoms with Crippen LogP contribution in [0.2, 0.25) is 19.6 Å². The molecular formula is C26H36N6O6Si. The Morgan fingerprint density at radius 3 is 2.46 bits per heavy atom. The fourth-order valence-electron chi connectivity index (χ4n) is 3.94. The number of amides is 1. The van der Waals surface area contributed by atoms with Crippen molar-refractivity contribution in [2.24, 2.45) is 0 Å². The number of aromatic nitrogens is 3. The van der Waals surface area contributed by atoms with Crippen molar-refractivity contribution < 1.29 is 28.2 Å². The molecule has 0 radical (unpaired) electrons. The molecule has 0 aliphatic carbocycles. The summed E-state index contributed by atoms with van der Waals surface area (Å²) in [5, 5.41) is 7.12. The Labute approximate surface area is 229 Å². The summed E-state index contributed by atoms with van der Waals surface area (Å²) in [7, 11) is 1.38. The highest BCUT2D eigenvalue weighted by molar-refractivity contribution is 6.88. The molecule has 0 saturated carbocycles. The van der Waals surface area contributed by atoms with Gasteiger partial charge in [-0.1, -0.05) is 24.8 Å². The third-order valence-corrected chi connectivity index (χ3v) is 8.16. The molecule has 4 rings (SSSR count). The maximum absolute atomic E-state index is 13.0. The second-order valence-corrected chi connectivity index (χ2v) is 15.1. The predicted molar refractivity (Wildman–Crippen MR) is 149 cm³/mol. The molecule has 0 unspecified atom stereocenters. The molecule has 210 valence electrons. The maximum Gasteiger partial charge on any atom is 0.291 e. The van der Waals surface area contributed by atoms with Crippen LogP contribution in [0.15, 0.2) is 34.9 Å². The zero-order chi connectivity index (χ0) is 27.8. The molecule has 13 heteroatoms. The molecule has 1 fully saturated rings. The average molecular weight is 557 g/mol. The van der Waals surface area contributed by atoms with E-state index < -0.39 is 14.0 Å². The SMILES string of the molecule is COc1nc(NCCCN2CCOCC2)nc(OC)c1NC(=O)c1ccc(Oc2cc([Si](C)(C)C)ccn2)o1. The first-order valence-electron chi connectivity index (χ1n) is 12.9. The highest BCUT2D eigenvalue weighted by Gasteiger charge is 2.22. The van der Waals surface area contributed by atoms with Gasteiger partial charge in [0.25, 0.3) is 11.9 Å². The van der Waals surface area contributed by atoms with E-state index in [9.17, 15) is 4.79 Å². The molecule has 0 bridgehead atoms. The van der Waals surface area contributed by atoms with Gasteiger partial charge in [0.2, 0.25) is 23.6 Å². The molecule has 12 nitrogen and oxygen atoms in total. The number of methoxy groups -OCH3 is 2. The number of carbonyl (C=O) groups is 1. The first-order valence-corrected chi connectivity index (χ1v) is 16.4. The minimum atomic E-state index is -1.54. The van der Waals surface area contributed by atoms with Gasteiger partial charge in [-0.25, -0.2) is 4.98 Å². The van der Waals surface area contributed by atoms with E-state index in [0.717, 1.165) is 39.3 Å². The molecule has 0 atom stereocenters. The summed E-state index contributed by atoms with van der Waals surface area (Å²) in [4.78, 5) is 28.4. The van der Waals surface area contributed by atoms with E-state index in [-0.39, 0.29) is 29.2 Å². The Morgan fingerprint density at radius 2 is 1.79 bits per heavy atom. The summed E-state index contributed by atoms with van der Waals surface area (Å²) >= 11 is 0. The fraction of sp³-hybridized carbons (Fsp3) is 0.462. The van der Waals surface area contributed by atoms with Crippen LogP contribution >= 0.6 is 0 Å². The normalized spacial score (nSPS) is 14.1. The summed E-state index contributed by atoms with van der Waals surface area (Å²) < 4.78 is 27.6. The molecule has 3 aromatic heterocycles. The summed E-state index contributed by atoms with van der Waals surface area (Å²) in [5.74, 6) is 0.682. The topological polar surface area (TPSA) is 133 Å². The molecule has 3 aromatic rings. The van der Waals surface area contributed by atoms with E-state index >= 15 is 0 Å². The predicted octanol–water partition coefficient (Wildman–Crippen LogP) is 3.21. The lowest BCUT2D eigenvalue weighted by molar-refractivity contribution is 0.0378. The Morgan fingerprint density at radius 1 is 1.08 bits per heavy atom. The molecule has 0 spiro atoms. The smallest absolute Gasteiger partial charge is 0.291 e. The van der Waals surface area contributed by atoms with E-state index in [1.807, 2.05) is 12.1 Å². The fourth-order valence-corrected chi connectivity index (χ4v) is 5.07. The lowest BCUT2D eigenvalue weighted by Crippen LogP contribution is -2.37. The first kappa shape index (κ1) is 28.3. The van der Waals surface area contributed by atoms with Gasteiger partial charge in [0.15, 0.2) is 11.4 Å². The van der Waals surface area contributed by atoms with Gasteiger partial charge in [0.1, 0.15) is 0 Å². The van der Waals surface area contributed by atoms with Gasteiger partial charge in [0, 0.05) is 38.0 Å². The van der Waals surface area contributed by atoms with Crippen molar-refractivity contribution >= 4 is 30.8 Å². The van der Waals surface area contributed by atoms with E-state index in [2.05, 4.69) is 50.1 Å². The third kappa shape index (κ3) is 7.68. The quantitative estimate of drug-likeness (QED) is 0.252. The number of pyridine rings is 1. The number of nitrogens with one attached hydrogen (secondary N) is 2. The number of nitrogens with zero attached hydrogens (tertiary/aromatic N) is 4. The minimum absolute atomic E-state index is 0.0285. The van der Waals surface area contributed by atoms with Gasteiger partial charge < -0.3 is 34.0 Å². The third-order valence-electron chi connectivity index (χ3n) is 6.12. The molecule has 1 amide bonds. The summed E-state index contributed by atoms with van der Waals surface area (Å²) in [5.41, 5.74) is 0.187. The second-order valence-electron chi connectivity index (χ2n) is 9.98. The Balaban J connectivity index is 1.39. The number of hydrogen-bond acceptors (Lipinski definition) is 11. The monoisotopic (exact) mass is 556 g/mol. The molecule has 39 heavy (non-hydrogen) atoms. The van der Waals surface area contributed by atoms with Crippen LogP contribution in [-0.4, -0.2) is 87.4 Å². The van der Waals surface area contributed by atoms with E-state index in [1.165, 1.54) is 25.5 Å². The van der Waals surface area contributed by atoms with Crippen molar-refractivity contribution in [1.82, 2.24) is 19.9 Å². The van der Waals surface area contributed by atoms with Crippen LogP contribution in [0.25, 0.3) is 0 Å². The van der Waals surface area contributed by atoms with Crippen LogP contribution < -0.4 is 30.0 Å². The van der Waals surface area contributed by atoms with Crippen molar-refractivity contribution in [3.63, 3.8) is 0 Å². The lowest BCUT2D eigenvalue weighted by atomic mass is 10.3. The first-order chi connectivity index (χ1) is 18.8. The number of rotatable bonds is 12. The summed E-state index contributed by atoms with van der Waals surface area (Å²) in [6.07, 6.45) is 2.62. The van der Waals surface area contributed by atoms with Crippen molar-refractivity contribution in [3.05, 3.63) is 36.2 Å². The van der Waals surface area contributed by atoms with Crippen LogP contribution in [0.3, 0.4) is 0 Å². The molecule has 1 aliphatic rings. The Bertz CT molecular complexity index is 1230. The van der Waals surface area contributed by atoms with Crippen LogP contribution in [0, 0.1) is 0 Å². The maximum atomic E-state index is 13.0. The van der Waals surface area contributed by atoms with Crippen molar-refractivity contribution in [1.29, 1.82) is 0 Å². The zero-order valence-corrected chi connectivity index (χ0v) is 24.1. The molecule has 2 N–H and O–H groups in total. The average Bonchev–Trinajstić information content (AvgIpc) is 3.40. The second kappa shape index (κ2) is 12.9. The van der Waals surface area contributed by atoms with E-state index in [0.29, 0.717) is 18.4 Å². The van der Waals surface area contributed by atoms with Gasteiger partial charge in [-0.3, -0.25) is 9.69 Å². The zero-order valence-electron chi connectivity index (χ0n) is 23.1. The van der Waals surface area contributed by atoms with Crippen molar-refractivity contribution in [2.45, 2.75) is 26.1 Å². The van der Waals surface area contributed by atoms with Crippen LogP contribution in [0.1, 0.15) is 17.0 Å². The number of anilines is 2. The van der Waals surface area contributed by atoms with E-state index in [4.69, 9.17) is 23.4 Å². The number of hydrogen-bond donors (Lipinski definition) is 2. The van der Waals surface area contributed by atoms with Gasteiger partial charge >= 0.3 is 0 Å². The van der Waals surface area contributed by atoms with Crippen molar-refractivity contribution in [3.8, 4) is 23.6 Å².